The maximum absolute atomic E-state index is 13.5. The summed E-state index contributed by atoms with van der Waals surface area (Å²) >= 11 is 0. The van der Waals surface area contributed by atoms with E-state index in [1.165, 1.54) is 4.31 Å². The highest BCUT2D eigenvalue weighted by Gasteiger charge is 2.35. The number of benzene rings is 1. The summed E-state index contributed by atoms with van der Waals surface area (Å²) in [6, 6.07) is 8.99. The van der Waals surface area contributed by atoms with Gasteiger partial charge in [0.15, 0.2) is 5.65 Å². The zero-order valence-electron chi connectivity index (χ0n) is 17.2. The van der Waals surface area contributed by atoms with E-state index in [1.54, 1.807) is 24.0 Å². The Morgan fingerprint density at radius 1 is 1.19 bits per heavy atom. The van der Waals surface area contributed by atoms with Crippen molar-refractivity contribution in [1.29, 1.82) is 0 Å². The molecule has 3 N–H and O–H groups in total. The fourth-order valence-corrected chi connectivity index (χ4v) is 6.19. The molecule has 1 aromatic carbocycles. The van der Waals surface area contributed by atoms with Crippen molar-refractivity contribution in [3.8, 4) is 0 Å². The second kappa shape index (κ2) is 7.31. The normalized spacial score (nSPS) is 20.2. The molecule has 0 saturated carbocycles. The van der Waals surface area contributed by atoms with E-state index >= 15 is 0 Å². The number of aromatic nitrogens is 3. The monoisotopic (exact) mass is 440 g/mol. The van der Waals surface area contributed by atoms with Gasteiger partial charge in [-0.05, 0) is 49.6 Å². The van der Waals surface area contributed by atoms with Crippen LogP contribution in [0.2, 0.25) is 0 Å². The zero-order chi connectivity index (χ0) is 21.8. The Kier molecular flexibility index (Phi) is 4.71. The Morgan fingerprint density at radius 3 is 2.81 bits per heavy atom. The number of carbonyl (C=O) groups excluding carboxylic acids is 1. The summed E-state index contributed by atoms with van der Waals surface area (Å²) in [6.07, 6.45) is 1.98. The minimum atomic E-state index is -3.69. The van der Waals surface area contributed by atoms with Gasteiger partial charge in [-0.15, -0.1) is 0 Å². The van der Waals surface area contributed by atoms with Crippen molar-refractivity contribution in [2.75, 3.05) is 30.3 Å². The lowest BCUT2D eigenvalue weighted by molar-refractivity contribution is -0.117. The van der Waals surface area contributed by atoms with Crippen molar-refractivity contribution in [1.82, 2.24) is 19.5 Å². The Labute approximate surface area is 180 Å². The molecule has 1 atom stereocenters. The van der Waals surface area contributed by atoms with Crippen LogP contribution in [-0.4, -0.2) is 53.4 Å². The molecule has 0 unspecified atom stereocenters. The second-order valence-corrected chi connectivity index (χ2v) is 10.1. The van der Waals surface area contributed by atoms with E-state index in [0.717, 1.165) is 17.5 Å². The van der Waals surface area contributed by atoms with Crippen LogP contribution in [0.3, 0.4) is 0 Å². The first-order chi connectivity index (χ1) is 14.8. The maximum atomic E-state index is 13.5. The van der Waals surface area contributed by atoms with Crippen LogP contribution in [0, 0.1) is 6.92 Å². The van der Waals surface area contributed by atoms with Gasteiger partial charge >= 0.3 is 0 Å². The largest absolute Gasteiger partial charge is 0.384 e. The second-order valence-electron chi connectivity index (χ2n) is 8.19. The number of fused-ring (bicyclic) bond motifs is 1. The average Bonchev–Trinajstić information content (AvgIpc) is 3.49. The molecule has 1 amide bonds. The van der Waals surface area contributed by atoms with Crippen molar-refractivity contribution < 1.29 is 13.2 Å². The Bertz CT molecular complexity index is 1290. The number of amides is 1. The summed E-state index contributed by atoms with van der Waals surface area (Å²) < 4.78 is 28.4. The SMILES string of the molecule is Cc1ccc(N2CCCC2=O)cc1S(=O)(=O)N1CC[C@H](c2ccc3c(N)[nH]nc3n2)C1. The smallest absolute Gasteiger partial charge is 0.243 e. The standard InChI is InChI=1S/C21H24N6O3S/c1-13-4-5-15(27-9-2-3-19(27)28)11-18(13)31(29,30)26-10-8-14(12-26)17-7-6-16-20(22)24-25-21(16)23-17/h4-7,11,14H,2-3,8-10,12H2,1H3,(H3,22,23,24,25)/t14-/m0/s1. The lowest BCUT2D eigenvalue weighted by atomic mass is 10.0. The average molecular weight is 441 g/mol. The first-order valence-corrected chi connectivity index (χ1v) is 11.8. The van der Waals surface area contributed by atoms with Gasteiger partial charge in [-0.1, -0.05) is 6.07 Å². The van der Waals surface area contributed by atoms with Crippen molar-refractivity contribution in [3.05, 3.63) is 41.6 Å². The number of hydrogen-bond acceptors (Lipinski definition) is 6. The first kappa shape index (κ1) is 20.0. The number of sulfonamides is 1. The van der Waals surface area contributed by atoms with Crippen LogP contribution in [-0.2, 0) is 14.8 Å². The number of H-pyrrole nitrogens is 1. The van der Waals surface area contributed by atoms with Gasteiger partial charge in [0.1, 0.15) is 5.82 Å². The van der Waals surface area contributed by atoms with E-state index in [2.05, 4.69) is 15.2 Å². The molecule has 3 aromatic rings. The third-order valence-electron chi connectivity index (χ3n) is 6.21. The van der Waals surface area contributed by atoms with E-state index in [4.69, 9.17) is 5.73 Å². The summed E-state index contributed by atoms with van der Waals surface area (Å²) in [5, 5.41) is 7.58. The molecule has 0 aliphatic carbocycles. The Balaban J connectivity index is 1.41. The molecule has 0 spiro atoms. The van der Waals surface area contributed by atoms with Gasteiger partial charge in [0, 0.05) is 43.4 Å². The summed E-state index contributed by atoms with van der Waals surface area (Å²) in [5.41, 5.74) is 8.50. The van der Waals surface area contributed by atoms with Gasteiger partial charge in [0.25, 0.3) is 0 Å². The number of pyridine rings is 1. The lowest BCUT2D eigenvalue weighted by Crippen LogP contribution is -2.30. The molecule has 5 rings (SSSR count). The lowest BCUT2D eigenvalue weighted by Gasteiger charge is -2.21. The molecule has 2 aliphatic rings. The van der Waals surface area contributed by atoms with Gasteiger partial charge in [-0.3, -0.25) is 9.89 Å². The van der Waals surface area contributed by atoms with E-state index in [-0.39, 0.29) is 16.7 Å². The number of aromatic amines is 1. The van der Waals surface area contributed by atoms with Crippen molar-refractivity contribution in [3.63, 3.8) is 0 Å². The number of nitrogen functional groups attached to an aromatic ring is 1. The molecule has 162 valence electrons. The molecule has 10 heteroatoms. The molecule has 2 aromatic heterocycles. The predicted molar refractivity (Wildman–Crippen MR) is 117 cm³/mol. The van der Waals surface area contributed by atoms with Crippen LogP contribution in [0.15, 0.2) is 35.2 Å². The summed E-state index contributed by atoms with van der Waals surface area (Å²) in [6.45, 7) is 3.18. The fraction of sp³-hybridized carbons (Fsp3) is 0.381. The number of nitrogens with zero attached hydrogens (tertiary/aromatic N) is 4. The number of anilines is 2. The number of nitrogens with one attached hydrogen (secondary N) is 1. The Hall–Kier alpha value is -2.98. The number of aryl methyl sites for hydroxylation is 1. The van der Waals surface area contributed by atoms with Gasteiger partial charge < -0.3 is 10.6 Å². The number of carbonyl (C=O) groups is 1. The van der Waals surface area contributed by atoms with E-state index in [9.17, 15) is 13.2 Å². The minimum Gasteiger partial charge on any atom is -0.384 e. The quantitative estimate of drug-likeness (QED) is 0.640. The van der Waals surface area contributed by atoms with Gasteiger partial charge in [0.05, 0.1) is 10.3 Å². The molecule has 31 heavy (non-hydrogen) atoms. The highest BCUT2D eigenvalue weighted by atomic mass is 32.2. The number of hydrogen-bond donors (Lipinski definition) is 2. The van der Waals surface area contributed by atoms with Crippen LogP contribution in [0.4, 0.5) is 11.5 Å². The zero-order valence-corrected chi connectivity index (χ0v) is 18.0. The predicted octanol–water partition coefficient (Wildman–Crippen LogP) is 2.15. The molecule has 2 aliphatic heterocycles. The molecule has 2 fully saturated rings. The van der Waals surface area contributed by atoms with Crippen LogP contribution in [0.1, 0.15) is 36.4 Å². The van der Waals surface area contributed by atoms with Crippen LogP contribution >= 0.6 is 0 Å². The Morgan fingerprint density at radius 2 is 2.03 bits per heavy atom. The summed E-state index contributed by atoms with van der Waals surface area (Å²) in [4.78, 5) is 18.6. The van der Waals surface area contributed by atoms with Gasteiger partial charge in [0.2, 0.25) is 15.9 Å². The van der Waals surface area contributed by atoms with Crippen molar-refractivity contribution in [2.24, 2.45) is 0 Å². The molecule has 4 heterocycles. The molecule has 9 nitrogen and oxygen atoms in total. The maximum Gasteiger partial charge on any atom is 0.243 e. The van der Waals surface area contributed by atoms with Gasteiger partial charge in [-0.2, -0.15) is 9.40 Å². The molecule has 2 saturated heterocycles. The highest BCUT2D eigenvalue weighted by Crippen LogP contribution is 2.34. The molecule has 0 bridgehead atoms. The summed E-state index contributed by atoms with van der Waals surface area (Å²) in [5.74, 6) is 0.492. The third kappa shape index (κ3) is 3.35. The topological polar surface area (TPSA) is 125 Å². The van der Waals surface area contributed by atoms with E-state index in [1.807, 2.05) is 18.2 Å². The van der Waals surface area contributed by atoms with Gasteiger partial charge in [-0.25, -0.2) is 13.4 Å². The van der Waals surface area contributed by atoms with Crippen molar-refractivity contribution in [2.45, 2.75) is 37.0 Å². The molecular formula is C21H24N6O3S. The minimum absolute atomic E-state index is 0.0132. The van der Waals surface area contributed by atoms with Crippen LogP contribution in [0.25, 0.3) is 11.0 Å². The molecule has 0 radical (unpaired) electrons. The highest BCUT2D eigenvalue weighted by molar-refractivity contribution is 7.89. The summed E-state index contributed by atoms with van der Waals surface area (Å²) in [7, 11) is -3.69. The number of nitrogens with two attached hydrogens (primary N) is 1. The third-order valence-corrected chi connectivity index (χ3v) is 8.22. The first-order valence-electron chi connectivity index (χ1n) is 10.4. The van der Waals surface area contributed by atoms with Crippen LogP contribution < -0.4 is 10.6 Å². The van der Waals surface area contributed by atoms with Crippen molar-refractivity contribution >= 4 is 38.5 Å². The van der Waals surface area contributed by atoms with Crippen LogP contribution in [0.5, 0.6) is 0 Å². The van der Waals surface area contributed by atoms with E-state index in [0.29, 0.717) is 55.2 Å². The van der Waals surface area contributed by atoms with E-state index < -0.39 is 10.0 Å². The number of rotatable bonds is 4. The molecular weight excluding hydrogens is 416 g/mol. The fourth-order valence-electron chi connectivity index (χ4n) is 4.44.